The number of hydrogen-bond acceptors (Lipinski definition) is 1. The third-order valence-corrected chi connectivity index (χ3v) is 3.45. The van der Waals surface area contributed by atoms with Gasteiger partial charge in [0, 0.05) is 24.2 Å². The minimum Gasteiger partial charge on any atom is -0.395 e. The Morgan fingerprint density at radius 2 is 1.63 bits per heavy atom. The lowest BCUT2D eigenvalue weighted by atomic mass is 10.1. The molecule has 3 rings (SSSR count). The molecule has 0 bridgehead atoms. The van der Waals surface area contributed by atoms with Crippen molar-refractivity contribution in [2.75, 3.05) is 6.61 Å². The number of aromatic nitrogens is 1. The predicted molar refractivity (Wildman–Crippen MR) is 78.3 cm³/mol. The van der Waals surface area contributed by atoms with Crippen molar-refractivity contribution in [1.29, 1.82) is 0 Å². The Labute approximate surface area is 112 Å². The highest BCUT2D eigenvalue weighted by atomic mass is 16.3. The Morgan fingerprint density at radius 3 is 2.42 bits per heavy atom. The number of rotatable bonds is 4. The zero-order chi connectivity index (χ0) is 13.1. The van der Waals surface area contributed by atoms with Crippen molar-refractivity contribution in [3.63, 3.8) is 0 Å². The van der Waals surface area contributed by atoms with E-state index in [1.165, 1.54) is 22.2 Å². The second-order valence-electron chi connectivity index (χ2n) is 4.73. The van der Waals surface area contributed by atoms with Gasteiger partial charge in [0.05, 0.1) is 6.61 Å². The maximum absolute atomic E-state index is 9.27. The van der Waals surface area contributed by atoms with Crippen molar-refractivity contribution < 1.29 is 5.11 Å². The number of fused-ring (bicyclic) bond motifs is 1. The van der Waals surface area contributed by atoms with Gasteiger partial charge in [-0.3, -0.25) is 0 Å². The summed E-state index contributed by atoms with van der Waals surface area (Å²) in [5.41, 5.74) is 3.74. The molecule has 0 radical (unpaired) electrons. The molecule has 0 saturated carbocycles. The van der Waals surface area contributed by atoms with E-state index in [0.29, 0.717) is 6.54 Å². The fraction of sp³-hybridized carbons (Fsp3) is 0.176. The minimum absolute atomic E-state index is 0.167. The predicted octanol–water partition coefficient (Wildman–Crippen LogP) is 3.22. The summed E-state index contributed by atoms with van der Waals surface area (Å²) in [6.07, 6.45) is 0.898. The van der Waals surface area contributed by atoms with Crippen LogP contribution in [0.4, 0.5) is 0 Å². The summed E-state index contributed by atoms with van der Waals surface area (Å²) in [5, 5.41) is 10.5. The molecule has 1 aromatic heterocycles. The second-order valence-corrected chi connectivity index (χ2v) is 4.73. The Hall–Kier alpha value is -2.06. The van der Waals surface area contributed by atoms with Gasteiger partial charge in [-0.05, 0) is 23.1 Å². The third-order valence-electron chi connectivity index (χ3n) is 3.45. The van der Waals surface area contributed by atoms with Gasteiger partial charge in [-0.15, -0.1) is 0 Å². The molecule has 1 heterocycles. The van der Waals surface area contributed by atoms with Crippen molar-refractivity contribution in [2.45, 2.75) is 13.0 Å². The van der Waals surface area contributed by atoms with Gasteiger partial charge < -0.3 is 9.67 Å². The SMILES string of the molecule is OCCn1c(Cc2ccccc2)cc2ccccc21. The molecule has 19 heavy (non-hydrogen) atoms. The molecule has 0 amide bonds. The normalized spacial score (nSPS) is 11.0. The van der Waals surface area contributed by atoms with Gasteiger partial charge in [0.25, 0.3) is 0 Å². The maximum Gasteiger partial charge on any atom is 0.0610 e. The number of aliphatic hydroxyl groups is 1. The summed E-state index contributed by atoms with van der Waals surface area (Å²) in [6, 6.07) is 21.0. The lowest BCUT2D eigenvalue weighted by Gasteiger charge is -2.09. The average Bonchev–Trinajstić information content (AvgIpc) is 2.79. The first kappa shape index (κ1) is 12.0. The first-order valence-corrected chi connectivity index (χ1v) is 6.60. The van der Waals surface area contributed by atoms with Gasteiger partial charge in [0.2, 0.25) is 0 Å². The summed E-state index contributed by atoms with van der Waals surface area (Å²) in [4.78, 5) is 0. The largest absolute Gasteiger partial charge is 0.395 e. The Bertz CT molecular complexity index is 670. The Balaban J connectivity index is 2.04. The van der Waals surface area contributed by atoms with Crippen molar-refractivity contribution in [3.8, 4) is 0 Å². The average molecular weight is 251 g/mol. The molecule has 0 atom stereocenters. The summed E-state index contributed by atoms with van der Waals surface area (Å²) < 4.78 is 2.21. The summed E-state index contributed by atoms with van der Waals surface area (Å²) in [6.45, 7) is 0.816. The van der Waals surface area contributed by atoms with Gasteiger partial charge in [-0.2, -0.15) is 0 Å². The molecule has 0 unspecified atom stereocenters. The molecule has 3 aromatic rings. The minimum atomic E-state index is 0.167. The molecule has 0 saturated heterocycles. The van der Waals surface area contributed by atoms with Gasteiger partial charge in [0.15, 0.2) is 0 Å². The second kappa shape index (κ2) is 5.29. The van der Waals surface area contributed by atoms with Crippen LogP contribution in [0.2, 0.25) is 0 Å². The van der Waals surface area contributed by atoms with Crippen LogP contribution in [0.5, 0.6) is 0 Å². The zero-order valence-electron chi connectivity index (χ0n) is 10.8. The highest BCUT2D eigenvalue weighted by Crippen LogP contribution is 2.21. The molecule has 0 spiro atoms. The number of hydrogen-bond donors (Lipinski definition) is 1. The number of para-hydroxylation sites is 1. The first-order chi connectivity index (χ1) is 9.38. The summed E-state index contributed by atoms with van der Waals surface area (Å²) >= 11 is 0. The molecule has 1 N–H and O–H groups in total. The van der Waals surface area contributed by atoms with Crippen molar-refractivity contribution in [1.82, 2.24) is 4.57 Å². The van der Waals surface area contributed by atoms with E-state index in [1.807, 2.05) is 12.1 Å². The van der Waals surface area contributed by atoms with E-state index in [1.54, 1.807) is 0 Å². The molecule has 0 aliphatic rings. The van der Waals surface area contributed by atoms with Crippen LogP contribution in [0.15, 0.2) is 60.7 Å². The summed E-state index contributed by atoms with van der Waals surface area (Å²) in [5.74, 6) is 0. The molecule has 2 nitrogen and oxygen atoms in total. The van der Waals surface area contributed by atoms with E-state index in [-0.39, 0.29) is 6.61 Å². The monoisotopic (exact) mass is 251 g/mol. The number of nitrogens with zero attached hydrogens (tertiary/aromatic N) is 1. The van der Waals surface area contributed by atoms with Crippen LogP contribution >= 0.6 is 0 Å². The first-order valence-electron chi connectivity index (χ1n) is 6.60. The van der Waals surface area contributed by atoms with Crippen LogP contribution < -0.4 is 0 Å². The summed E-state index contributed by atoms with van der Waals surface area (Å²) in [7, 11) is 0. The van der Waals surface area contributed by atoms with Gasteiger partial charge in [0.1, 0.15) is 0 Å². The fourth-order valence-electron chi connectivity index (χ4n) is 2.58. The van der Waals surface area contributed by atoms with Crippen LogP contribution in [-0.4, -0.2) is 16.3 Å². The van der Waals surface area contributed by atoms with Gasteiger partial charge >= 0.3 is 0 Å². The fourth-order valence-corrected chi connectivity index (χ4v) is 2.58. The van der Waals surface area contributed by atoms with Crippen LogP contribution in [-0.2, 0) is 13.0 Å². The molecule has 2 heteroatoms. The number of aliphatic hydroxyl groups excluding tert-OH is 1. The quantitative estimate of drug-likeness (QED) is 0.756. The van der Waals surface area contributed by atoms with E-state index in [0.717, 1.165) is 6.42 Å². The van der Waals surface area contributed by atoms with Crippen molar-refractivity contribution >= 4 is 10.9 Å². The lowest BCUT2D eigenvalue weighted by molar-refractivity contribution is 0.277. The van der Waals surface area contributed by atoms with Crippen molar-refractivity contribution in [3.05, 3.63) is 71.9 Å². The molecular weight excluding hydrogens is 234 g/mol. The van der Waals surface area contributed by atoms with Crippen LogP contribution in [0.1, 0.15) is 11.3 Å². The van der Waals surface area contributed by atoms with Gasteiger partial charge in [-0.1, -0.05) is 48.5 Å². The molecule has 0 aliphatic carbocycles. The van der Waals surface area contributed by atoms with Crippen molar-refractivity contribution in [2.24, 2.45) is 0 Å². The smallest absolute Gasteiger partial charge is 0.0610 e. The number of benzene rings is 2. The molecule has 2 aromatic carbocycles. The van der Waals surface area contributed by atoms with E-state index < -0.39 is 0 Å². The molecule has 0 fully saturated rings. The van der Waals surface area contributed by atoms with E-state index in [9.17, 15) is 5.11 Å². The third kappa shape index (κ3) is 2.40. The van der Waals surface area contributed by atoms with E-state index in [4.69, 9.17) is 0 Å². The lowest BCUT2D eigenvalue weighted by Crippen LogP contribution is -2.06. The van der Waals surface area contributed by atoms with Crippen LogP contribution in [0.3, 0.4) is 0 Å². The Kier molecular flexibility index (Phi) is 3.34. The zero-order valence-corrected chi connectivity index (χ0v) is 10.8. The molecule has 96 valence electrons. The highest BCUT2D eigenvalue weighted by molar-refractivity contribution is 5.81. The standard InChI is InChI=1S/C17H17NO/c19-11-10-18-16(12-14-6-2-1-3-7-14)13-15-8-4-5-9-17(15)18/h1-9,13,19H,10-12H2. The highest BCUT2D eigenvalue weighted by Gasteiger charge is 2.08. The maximum atomic E-state index is 9.27. The molecular formula is C17H17NO. The van der Waals surface area contributed by atoms with E-state index >= 15 is 0 Å². The van der Waals surface area contributed by atoms with Gasteiger partial charge in [-0.25, -0.2) is 0 Å². The van der Waals surface area contributed by atoms with Crippen LogP contribution in [0, 0.1) is 0 Å². The van der Waals surface area contributed by atoms with Crippen LogP contribution in [0.25, 0.3) is 10.9 Å². The topological polar surface area (TPSA) is 25.2 Å². The van der Waals surface area contributed by atoms with E-state index in [2.05, 4.69) is 53.1 Å². The molecule has 0 aliphatic heterocycles. The Morgan fingerprint density at radius 1 is 0.895 bits per heavy atom.